The van der Waals surface area contributed by atoms with Crippen molar-refractivity contribution < 1.29 is 4.39 Å². The van der Waals surface area contributed by atoms with E-state index in [-0.39, 0.29) is 5.82 Å². The van der Waals surface area contributed by atoms with E-state index in [0.29, 0.717) is 12.1 Å². The van der Waals surface area contributed by atoms with Crippen molar-refractivity contribution in [2.45, 2.75) is 13.5 Å². The van der Waals surface area contributed by atoms with Gasteiger partial charge in [-0.3, -0.25) is 0 Å². The van der Waals surface area contributed by atoms with Crippen molar-refractivity contribution in [2.24, 2.45) is 0 Å². The summed E-state index contributed by atoms with van der Waals surface area (Å²) in [5.74, 6) is -0.210. The van der Waals surface area contributed by atoms with E-state index in [1.54, 1.807) is 19.1 Å². The summed E-state index contributed by atoms with van der Waals surface area (Å²) in [7, 11) is 0. The first-order chi connectivity index (χ1) is 5.24. The molecule has 0 radical (unpaired) electrons. The lowest BCUT2D eigenvalue weighted by atomic mass is 10.1. The number of benzene rings is 1. The van der Waals surface area contributed by atoms with E-state index in [1.807, 2.05) is 0 Å². The average Bonchev–Trinajstić information content (AvgIpc) is 1.98. The Morgan fingerprint density at radius 1 is 1.55 bits per heavy atom. The molecule has 1 rings (SSSR count). The Balaban J connectivity index is 2.98. The van der Waals surface area contributed by atoms with Gasteiger partial charge in [-0.15, -0.1) is 0 Å². The molecule has 0 atom stereocenters. The van der Waals surface area contributed by atoms with Crippen LogP contribution in [0.3, 0.4) is 0 Å². The van der Waals surface area contributed by atoms with Gasteiger partial charge in [-0.1, -0.05) is 0 Å². The van der Waals surface area contributed by atoms with Crippen LogP contribution in [0.2, 0.25) is 0 Å². The molecule has 1 aromatic rings. The zero-order valence-electron chi connectivity index (χ0n) is 6.26. The monoisotopic (exact) mass is 149 g/mol. The van der Waals surface area contributed by atoms with Crippen LogP contribution in [-0.4, -0.2) is 0 Å². The Morgan fingerprint density at radius 3 is 2.82 bits per heavy atom. The van der Waals surface area contributed by atoms with Crippen LogP contribution in [0.15, 0.2) is 18.2 Å². The molecule has 11 heavy (non-hydrogen) atoms. The maximum atomic E-state index is 12.7. The van der Waals surface area contributed by atoms with Crippen molar-refractivity contribution in [3.8, 4) is 0 Å². The van der Waals surface area contributed by atoms with E-state index in [2.05, 4.69) is 4.85 Å². The fraction of sp³-hybridized carbons (Fsp3) is 0.222. The molecule has 0 saturated heterocycles. The number of hydrogen-bond donors (Lipinski definition) is 0. The first-order valence-electron chi connectivity index (χ1n) is 3.32. The SMILES string of the molecule is [C-]#[N+]Cc1ccc(F)c(C)c1. The summed E-state index contributed by atoms with van der Waals surface area (Å²) in [6, 6.07) is 4.74. The Kier molecular flexibility index (Phi) is 2.22. The number of hydrogen-bond acceptors (Lipinski definition) is 0. The minimum atomic E-state index is -0.210. The van der Waals surface area contributed by atoms with Crippen LogP contribution >= 0.6 is 0 Å². The van der Waals surface area contributed by atoms with E-state index >= 15 is 0 Å². The van der Waals surface area contributed by atoms with Crippen molar-refractivity contribution in [1.82, 2.24) is 0 Å². The molecule has 0 spiro atoms. The molecular formula is C9H8FN. The molecule has 0 amide bonds. The van der Waals surface area contributed by atoms with Crippen molar-refractivity contribution >= 4 is 0 Å². The zero-order valence-corrected chi connectivity index (χ0v) is 6.26. The topological polar surface area (TPSA) is 4.36 Å². The van der Waals surface area contributed by atoms with Crippen LogP contribution in [-0.2, 0) is 6.54 Å². The molecule has 2 heteroatoms. The van der Waals surface area contributed by atoms with Crippen LogP contribution in [0.25, 0.3) is 4.85 Å². The first kappa shape index (κ1) is 7.74. The highest BCUT2D eigenvalue weighted by molar-refractivity contribution is 5.24. The summed E-state index contributed by atoms with van der Waals surface area (Å²) in [5, 5.41) is 0. The van der Waals surface area contributed by atoms with Crippen molar-refractivity contribution in [3.63, 3.8) is 0 Å². The molecule has 0 aliphatic rings. The molecular weight excluding hydrogens is 141 g/mol. The van der Waals surface area contributed by atoms with Gasteiger partial charge in [0.2, 0.25) is 6.54 Å². The Bertz CT molecular complexity index is 299. The first-order valence-corrected chi connectivity index (χ1v) is 3.32. The van der Waals surface area contributed by atoms with Crippen LogP contribution in [0.4, 0.5) is 4.39 Å². The van der Waals surface area contributed by atoms with E-state index in [4.69, 9.17) is 6.57 Å². The molecule has 0 fully saturated rings. The minimum Gasteiger partial charge on any atom is -0.312 e. The summed E-state index contributed by atoms with van der Waals surface area (Å²) in [6.45, 7) is 8.63. The maximum absolute atomic E-state index is 12.7. The third-order valence-corrected chi connectivity index (χ3v) is 1.48. The van der Waals surface area contributed by atoms with Crippen molar-refractivity contribution in [3.05, 3.63) is 46.6 Å². The zero-order chi connectivity index (χ0) is 8.27. The van der Waals surface area contributed by atoms with Gasteiger partial charge in [0.15, 0.2) is 0 Å². The van der Waals surface area contributed by atoms with Crippen LogP contribution in [0.1, 0.15) is 11.1 Å². The highest BCUT2D eigenvalue weighted by Crippen LogP contribution is 2.09. The van der Waals surface area contributed by atoms with Crippen molar-refractivity contribution in [1.29, 1.82) is 0 Å². The quantitative estimate of drug-likeness (QED) is 0.540. The van der Waals surface area contributed by atoms with Crippen LogP contribution < -0.4 is 0 Å². The van der Waals surface area contributed by atoms with Gasteiger partial charge in [0.1, 0.15) is 5.82 Å². The molecule has 0 aromatic heterocycles. The molecule has 0 N–H and O–H groups in total. The predicted molar refractivity (Wildman–Crippen MR) is 41.4 cm³/mol. The number of nitrogens with zero attached hydrogens (tertiary/aromatic N) is 1. The standard InChI is InChI=1S/C9H8FN/c1-7-5-8(6-11-2)3-4-9(7)10/h3-5H,6H2,1H3. The van der Waals surface area contributed by atoms with Gasteiger partial charge in [-0.2, -0.15) is 0 Å². The lowest BCUT2D eigenvalue weighted by Crippen LogP contribution is -1.85. The number of rotatable bonds is 1. The van der Waals surface area contributed by atoms with E-state index in [1.165, 1.54) is 6.07 Å². The molecule has 0 unspecified atom stereocenters. The second kappa shape index (κ2) is 3.16. The second-order valence-electron chi connectivity index (χ2n) is 2.40. The highest BCUT2D eigenvalue weighted by Gasteiger charge is 1.99. The van der Waals surface area contributed by atoms with Crippen molar-refractivity contribution in [2.75, 3.05) is 0 Å². The van der Waals surface area contributed by atoms with Gasteiger partial charge < -0.3 is 4.85 Å². The average molecular weight is 149 g/mol. The highest BCUT2D eigenvalue weighted by atomic mass is 19.1. The summed E-state index contributed by atoms with van der Waals surface area (Å²) in [6.07, 6.45) is 0. The molecule has 0 bridgehead atoms. The van der Waals surface area contributed by atoms with Crippen LogP contribution in [0, 0.1) is 19.3 Å². The van der Waals surface area contributed by atoms with E-state index in [9.17, 15) is 4.39 Å². The largest absolute Gasteiger partial charge is 0.312 e. The summed E-state index contributed by atoms with van der Waals surface area (Å²) in [5.41, 5.74) is 1.48. The molecule has 1 nitrogen and oxygen atoms in total. The molecule has 0 saturated carbocycles. The van der Waals surface area contributed by atoms with Gasteiger partial charge >= 0.3 is 0 Å². The third kappa shape index (κ3) is 1.78. The van der Waals surface area contributed by atoms with Gasteiger partial charge in [-0.25, -0.2) is 11.0 Å². The summed E-state index contributed by atoms with van der Waals surface area (Å²) in [4.78, 5) is 3.20. The third-order valence-electron chi connectivity index (χ3n) is 1.48. The second-order valence-corrected chi connectivity index (χ2v) is 2.40. The Hall–Kier alpha value is -1.36. The Morgan fingerprint density at radius 2 is 2.27 bits per heavy atom. The minimum absolute atomic E-state index is 0.210. The molecule has 1 aromatic carbocycles. The lowest BCUT2D eigenvalue weighted by Gasteiger charge is -1.95. The Labute approximate surface area is 65.3 Å². The smallest absolute Gasteiger partial charge is 0.239 e. The fourth-order valence-corrected chi connectivity index (χ4v) is 0.896. The molecule has 0 aliphatic heterocycles. The fourth-order valence-electron chi connectivity index (χ4n) is 0.896. The normalized spacial score (nSPS) is 9.18. The lowest BCUT2D eigenvalue weighted by molar-refractivity contribution is 0.618. The maximum Gasteiger partial charge on any atom is 0.239 e. The van der Waals surface area contributed by atoms with Gasteiger partial charge in [0, 0.05) is 5.56 Å². The van der Waals surface area contributed by atoms with Gasteiger partial charge in [-0.05, 0) is 30.7 Å². The predicted octanol–water partition coefficient (Wildman–Crippen LogP) is 2.55. The van der Waals surface area contributed by atoms with Gasteiger partial charge in [0.25, 0.3) is 0 Å². The van der Waals surface area contributed by atoms with E-state index < -0.39 is 0 Å². The summed E-state index contributed by atoms with van der Waals surface area (Å²) >= 11 is 0. The van der Waals surface area contributed by atoms with Crippen LogP contribution in [0.5, 0.6) is 0 Å². The molecule has 56 valence electrons. The summed E-state index contributed by atoms with van der Waals surface area (Å²) < 4.78 is 12.7. The number of halogens is 1. The molecule has 0 aliphatic carbocycles. The van der Waals surface area contributed by atoms with E-state index in [0.717, 1.165) is 5.56 Å². The number of aryl methyl sites for hydroxylation is 1. The molecule has 0 heterocycles. The van der Waals surface area contributed by atoms with Gasteiger partial charge in [0.05, 0.1) is 0 Å².